The van der Waals surface area contributed by atoms with E-state index < -0.39 is 98.8 Å². The van der Waals surface area contributed by atoms with Gasteiger partial charge >= 0.3 is 69.4 Å². The summed E-state index contributed by atoms with van der Waals surface area (Å²) in [6.07, 6.45) is -5.15. The number of rotatable bonds is 7. The van der Waals surface area contributed by atoms with Crippen LogP contribution in [0.25, 0.3) is 0 Å². The summed E-state index contributed by atoms with van der Waals surface area (Å²) < 4.78 is 120. The lowest BCUT2D eigenvalue weighted by Crippen LogP contribution is -2.18. The molecule has 0 radical (unpaired) electrons. The molecule has 7 N–H and O–H groups in total. The summed E-state index contributed by atoms with van der Waals surface area (Å²) in [5.74, 6) is -2.73. The van der Waals surface area contributed by atoms with Crippen molar-refractivity contribution in [1.29, 1.82) is 0 Å². The first-order valence-corrected chi connectivity index (χ1v) is 20.0. The second kappa shape index (κ2) is 16.0. The maximum Gasteiger partial charge on any atom is 0.573 e. The molecule has 0 atom stereocenters. The molecule has 0 fully saturated rings. The summed E-state index contributed by atoms with van der Waals surface area (Å²) in [6.45, 7) is 0. The molecule has 0 amide bonds. The first-order chi connectivity index (χ1) is 18.1. The Balaban J connectivity index is 0.000000673. The summed E-state index contributed by atoms with van der Waals surface area (Å²) in [6, 6.07) is 3.44. The Hall–Kier alpha value is -0.430. The van der Waals surface area contributed by atoms with Gasteiger partial charge in [-0.2, -0.15) is 0 Å². The Bertz CT molecular complexity index is 1520. The molecule has 0 saturated carbocycles. The van der Waals surface area contributed by atoms with Crippen LogP contribution in [0.2, 0.25) is 15.1 Å². The van der Waals surface area contributed by atoms with Gasteiger partial charge in [0.2, 0.25) is 0 Å². The van der Waals surface area contributed by atoms with Crippen molar-refractivity contribution in [1.82, 2.24) is 0 Å². The maximum absolute atomic E-state index is 12.1. The third-order valence-electron chi connectivity index (χ3n) is 2.96. The van der Waals surface area contributed by atoms with Gasteiger partial charge in [-0.15, -0.1) is 13.2 Å². The van der Waals surface area contributed by atoms with E-state index in [1.807, 2.05) is 0 Å². The fraction of sp³-hybridized carbons (Fsp3) is 0.0769. The summed E-state index contributed by atoms with van der Waals surface area (Å²) in [7, 11) is -14.7. The van der Waals surface area contributed by atoms with Gasteiger partial charge in [-0.1, -0.05) is 40.9 Å². The van der Waals surface area contributed by atoms with Crippen LogP contribution >= 0.6 is 97.9 Å². The van der Waals surface area contributed by atoms with Gasteiger partial charge in [0.25, 0.3) is 0 Å². The molecule has 0 aromatic heterocycles. The van der Waals surface area contributed by atoms with Crippen LogP contribution in [0, 0.1) is 7.14 Å². The van der Waals surface area contributed by atoms with Crippen molar-refractivity contribution in [3.63, 3.8) is 0 Å². The fourth-order valence-corrected chi connectivity index (χ4v) is 7.16. The third-order valence-corrected chi connectivity index (χ3v) is 9.10. The summed E-state index contributed by atoms with van der Waals surface area (Å²) >= 11 is 8.07. The number of ether oxygens (including phenoxy) is 1. The molecule has 0 aliphatic heterocycles. The number of benzene rings is 2. The lowest BCUT2D eigenvalue weighted by molar-refractivity contribution is -0.275. The van der Waals surface area contributed by atoms with Crippen molar-refractivity contribution >= 4 is 97.9 Å². The number of phosphoric acid groups is 3. The first-order valence-electron chi connectivity index (χ1n) is 8.58. The minimum Gasteiger partial charge on any atom is -0.404 e. The van der Waals surface area contributed by atoms with Crippen molar-refractivity contribution in [2.24, 2.45) is 0 Å². The van der Waals surface area contributed by atoms with Gasteiger partial charge in [-0.3, -0.25) is 19.6 Å². The quantitative estimate of drug-likeness (QED) is 0.109. The molecule has 236 valence electrons. The van der Waals surface area contributed by atoms with Crippen molar-refractivity contribution in [3.05, 3.63) is 46.5 Å². The normalized spacial score (nSPS) is 12.2. The van der Waals surface area contributed by atoms with Gasteiger partial charge in [0, 0.05) is 0 Å². The van der Waals surface area contributed by atoms with Crippen LogP contribution in [0.3, 0.4) is 0 Å². The number of halogens is 8. The average molecular weight is 949 g/mol. The summed E-state index contributed by atoms with van der Waals surface area (Å²) in [4.78, 5) is 55.9. The van der Waals surface area contributed by atoms with Crippen LogP contribution in [0.15, 0.2) is 24.3 Å². The molecule has 2 aromatic rings. The predicted octanol–water partition coefficient (Wildman–Crippen LogP) is 4.98. The van der Waals surface area contributed by atoms with Crippen LogP contribution in [-0.2, 0) is 26.0 Å². The predicted molar refractivity (Wildman–Crippen MR) is 142 cm³/mol. The molecule has 0 unspecified atom stereocenters. The van der Waals surface area contributed by atoms with Gasteiger partial charge in [0.15, 0.2) is 20.8 Å². The van der Waals surface area contributed by atoms with Crippen molar-refractivity contribution in [3.8, 4) is 17.2 Å². The highest BCUT2D eigenvalue weighted by Gasteiger charge is 2.34. The smallest absolute Gasteiger partial charge is 0.404 e. The van der Waals surface area contributed by atoms with E-state index in [1.54, 1.807) is 0 Å². The molecule has 0 aliphatic carbocycles. The molecular formula is C13H11Cl3F3I2O17P3. The lowest BCUT2D eigenvalue weighted by Gasteiger charge is -2.13. The van der Waals surface area contributed by atoms with E-state index in [1.165, 1.54) is 0 Å². The van der Waals surface area contributed by atoms with E-state index in [0.29, 0.717) is 6.07 Å². The first kappa shape index (κ1) is 40.6. The molecule has 0 heterocycles. The minimum atomic E-state index is -5.15. The molecular weight excluding hydrogens is 938 g/mol. The van der Waals surface area contributed by atoms with Crippen LogP contribution in [0.5, 0.6) is 17.2 Å². The van der Waals surface area contributed by atoms with Gasteiger partial charge in [0.05, 0.1) is 10.0 Å². The largest absolute Gasteiger partial charge is 0.573 e. The number of hydrogen-bond acceptors (Lipinski definition) is 10. The zero-order valence-electron chi connectivity index (χ0n) is 18.4. The highest BCUT2D eigenvalue weighted by molar-refractivity contribution is 14.2. The van der Waals surface area contributed by atoms with E-state index in [4.69, 9.17) is 73.6 Å². The molecule has 0 saturated heterocycles. The SMILES string of the molecule is O=I(=O)c1c(Cl)cc(Cl)c(Cl)c1OP(=O)(O)O.O=I(=O)c1c(OC(F)(F)F)cccc1OP(=O)(O)O.O=P(O)(O)O. The Labute approximate surface area is 253 Å². The zero-order chi connectivity index (χ0) is 32.7. The summed E-state index contributed by atoms with van der Waals surface area (Å²) in [5, 5.41) is -0.914. The number of alkyl halides is 3. The standard InChI is InChI=1S/C7H5F3IO7P.C6H3Cl3IO6P.H3O4P/c8-7(9,10)17-4-2-1-3-5(6(4)11(12)13)18-19(14,15)16;7-2-1-3(8)5(10(11)12)6(4(2)9)16-17(13,14)15;1-5(2,3)4/h1-3H,(H2,14,15,16);1H,(H2,13,14,15);(H3,1,2,3,4). The fourth-order valence-electron chi connectivity index (χ4n) is 1.94. The molecule has 0 aliphatic rings. The highest BCUT2D eigenvalue weighted by Crippen LogP contribution is 2.49. The van der Waals surface area contributed by atoms with Crippen molar-refractivity contribution < 1.29 is 87.2 Å². The Morgan fingerprint density at radius 2 is 1.12 bits per heavy atom. The molecule has 2 rings (SSSR count). The van der Waals surface area contributed by atoms with Crippen LogP contribution in [0.1, 0.15) is 0 Å². The number of phosphoric ester groups is 2. The van der Waals surface area contributed by atoms with E-state index in [0.717, 1.165) is 18.2 Å². The number of hydrogen-bond donors (Lipinski definition) is 7. The van der Waals surface area contributed by atoms with E-state index >= 15 is 0 Å². The maximum atomic E-state index is 12.1. The molecule has 0 bridgehead atoms. The van der Waals surface area contributed by atoms with Crippen LogP contribution < -0.4 is 13.8 Å². The lowest BCUT2D eigenvalue weighted by atomic mass is 10.3. The Morgan fingerprint density at radius 1 is 0.707 bits per heavy atom. The van der Waals surface area contributed by atoms with E-state index in [9.17, 15) is 34.6 Å². The zero-order valence-corrected chi connectivity index (χ0v) is 27.7. The Morgan fingerprint density at radius 3 is 1.49 bits per heavy atom. The average Bonchev–Trinajstić information content (AvgIpc) is 2.67. The van der Waals surface area contributed by atoms with Crippen LogP contribution in [0.4, 0.5) is 13.2 Å². The van der Waals surface area contributed by atoms with Crippen LogP contribution in [-0.4, -0.2) is 40.6 Å². The summed E-state index contributed by atoms with van der Waals surface area (Å²) in [5.41, 5.74) is 0. The molecule has 28 heteroatoms. The highest BCUT2D eigenvalue weighted by atomic mass is 127. The molecule has 2 aromatic carbocycles. The van der Waals surface area contributed by atoms with E-state index in [-0.39, 0.29) is 10.0 Å². The second-order valence-electron chi connectivity index (χ2n) is 6.02. The van der Waals surface area contributed by atoms with Gasteiger partial charge in [-0.05, 0) is 18.2 Å². The molecule has 41 heavy (non-hydrogen) atoms. The molecule has 17 nitrogen and oxygen atoms in total. The van der Waals surface area contributed by atoms with Gasteiger partial charge in [-0.25, -0.2) is 26.0 Å². The second-order valence-corrected chi connectivity index (χ2v) is 15.2. The molecule has 0 spiro atoms. The van der Waals surface area contributed by atoms with E-state index in [2.05, 4.69) is 13.8 Å². The van der Waals surface area contributed by atoms with Gasteiger partial charge in [0.1, 0.15) is 8.59 Å². The minimum absolute atomic E-state index is 0.179. The van der Waals surface area contributed by atoms with Gasteiger partial charge < -0.3 is 28.5 Å². The monoisotopic (exact) mass is 948 g/mol. The topological polar surface area (TPSA) is 289 Å². The van der Waals surface area contributed by atoms with Crippen molar-refractivity contribution in [2.45, 2.75) is 6.36 Å². The third kappa shape index (κ3) is 17.5. The Kier molecular flexibility index (Phi) is 15.9. The van der Waals surface area contributed by atoms with Crippen molar-refractivity contribution in [2.75, 3.05) is 0 Å².